The number of benzene rings is 2. The van der Waals surface area contributed by atoms with Gasteiger partial charge in [0.25, 0.3) is 5.91 Å². The van der Waals surface area contributed by atoms with Gasteiger partial charge >= 0.3 is 0 Å². The average molecular weight is 447 g/mol. The number of anilines is 2. The fourth-order valence-electron chi connectivity index (χ4n) is 2.91. The molecule has 0 aromatic heterocycles. The number of nitrogens with one attached hydrogen (secondary N) is 2. The van der Waals surface area contributed by atoms with Crippen LogP contribution in [0.5, 0.6) is 0 Å². The van der Waals surface area contributed by atoms with Crippen LogP contribution in [-0.4, -0.2) is 63.2 Å². The van der Waals surface area contributed by atoms with Crippen molar-refractivity contribution in [1.29, 1.82) is 0 Å². The molecule has 0 spiro atoms. The predicted octanol–water partition coefficient (Wildman–Crippen LogP) is 2.78. The van der Waals surface area contributed by atoms with Gasteiger partial charge in [-0.05, 0) is 68.0 Å². The quantitative estimate of drug-likeness (QED) is 0.617. The lowest BCUT2D eigenvalue weighted by Crippen LogP contribution is -2.33. The molecular weight excluding hydrogens is 416 g/mol. The lowest BCUT2D eigenvalue weighted by atomic mass is 10.1. The smallest absolute Gasteiger partial charge is 0.255 e. The van der Waals surface area contributed by atoms with E-state index in [-0.39, 0.29) is 16.7 Å². The maximum atomic E-state index is 12.5. The number of carbonyl (C=O) groups excluding carboxylic acids is 2. The zero-order chi connectivity index (χ0) is 23.2. The van der Waals surface area contributed by atoms with E-state index < -0.39 is 10.0 Å². The summed E-state index contributed by atoms with van der Waals surface area (Å²) in [5.41, 5.74) is 2.42. The lowest BCUT2D eigenvalue weighted by molar-refractivity contribution is -0.117. The van der Waals surface area contributed by atoms with Gasteiger partial charge in [-0.1, -0.05) is 13.8 Å². The highest BCUT2D eigenvalue weighted by atomic mass is 32.2. The monoisotopic (exact) mass is 446 g/mol. The molecule has 31 heavy (non-hydrogen) atoms. The summed E-state index contributed by atoms with van der Waals surface area (Å²) in [4.78, 5) is 26.9. The van der Waals surface area contributed by atoms with E-state index in [0.717, 1.165) is 23.0 Å². The Balaban J connectivity index is 2.06. The van der Waals surface area contributed by atoms with E-state index in [4.69, 9.17) is 0 Å². The molecule has 2 N–H and O–H groups in total. The van der Waals surface area contributed by atoms with E-state index in [2.05, 4.69) is 10.6 Å². The first kappa shape index (κ1) is 24.5. The van der Waals surface area contributed by atoms with E-state index >= 15 is 0 Å². The lowest BCUT2D eigenvalue weighted by Gasteiger charge is -2.18. The van der Waals surface area contributed by atoms with E-state index in [9.17, 15) is 18.0 Å². The largest absolute Gasteiger partial charge is 0.325 e. The first-order valence-corrected chi connectivity index (χ1v) is 11.5. The van der Waals surface area contributed by atoms with Crippen LogP contribution in [0.25, 0.3) is 0 Å². The maximum Gasteiger partial charge on any atom is 0.255 e. The number of likely N-dealkylation sites (N-methyl/N-ethyl adjacent to an activating group) is 1. The molecule has 0 unspecified atom stereocenters. The summed E-state index contributed by atoms with van der Waals surface area (Å²) < 4.78 is 25.4. The third-order valence-corrected chi connectivity index (χ3v) is 6.74. The third-order valence-electron chi connectivity index (χ3n) is 4.92. The van der Waals surface area contributed by atoms with Crippen molar-refractivity contribution in [1.82, 2.24) is 9.21 Å². The van der Waals surface area contributed by atoms with Gasteiger partial charge in [-0.2, -0.15) is 0 Å². The van der Waals surface area contributed by atoms with Gasteiger partial charge in [-0.25, -0.2) is 12.7 Å². The van der Waals surface area contributed by atoms with Crippen molar-refractivity contribution >= 4 is 33.2 Å². The molecule has 0 atom stereocenters. The van der Waals surface area contributed by atoms with Crippen LogP contribution in [0.2, 0.25) is 0 Å². The third kappa shape index (κ3) is 6.36. The molecule has 0 saturated heterocycles. The Hall–Kier alpha value is -2.75. The summed E-state index contributed by atoms with van der Waals surface area (Å²) in [7, 11) is -0.641. The first-order chi connectivity index (χ1) is 14.6. The van der Waals surface area contributed by atoms with E-state index in [0.29, 0.717) is 23.5 Å². The Labute approximate surface area is 184 Å². The molecule has 0 fully saturated rings. The van der Waals surface area contributed by atoms with Crippen LogP contribution in [0, 0.1) is 6.92 Å². The van der Waals surface area contributed by atoms with E-state index in [1.807, 2.05) is 25.7 Å². The molecule has 0 saturated carbocycles. The Morgan fingerprint density at radius 2 is 1.55 bits per heavy atom. The standard InChI is InChI=1S/C22H30N4O4S/c1-6-26(7-2)15-21(27)24-20-13-10-18(14-16(20)3)23-22(28)17-8-11-19(12-9-17)31(29,30)25(4)5/h8-14H,6-7,15H2,1-5H3,(H,23,28)(H,24,27). The number of hydrogen-bond acceptors (Lipinski definition) is 5. The Kier molecular flexibility index (Phi) is 8.32. The van der Waals surface area contributed by atoms with Crippen LogP contribution in [-0.2, 0) is 14.8 Å². The van der Waals surface area contributed by atoms with Crippen LogP contribution < -0.4 is 10.6 Å². The summed E-state index contributed by atoms with van der Waals surface area (Å²) in [5.74, 6) is -0.442. The van der Waals surface area contributed by atoms with Crippen molar-refractivity contribution in [3.63, 3.8) is 0 Å². The molecule has 0 aliphatic heterocycles. The van der Waals surface area contributed by atoms with Crippen LogP contribution in [0.1, 0.15) is 29.8 Å². The fraction of sp³-hybridized carbons (Fsp3) is 0.364. The van der Waals surface area contributed by atoms with Gasteiger partial charge < -0.3 is 10.6 Å². The van der Waals surface area contributed by atoms with Crippen molar-refractivity contribution in [2.45, 2.75) is 25.7 Å². The molecule has 0 bridgehead atoms. The van der Waals surface area contributed by atoms with Crippen LogP contribution in [0.4, 0.5) is 11.4 Å². The van der Waals surface area contributed by atoms with Gasteiger partial charge in [-0.15, -0.1) is 0 Å². The summed E-state index contributed by atoms with van der Waals surface area (Å²) in [6.45, 7) is 7.79. The molecule has 2 aromatic carbocycles. The van der Waals surface area contributed by atoms with Crippen molar-refractivity contribution < 1.29 is 18.0 Å². The highest BCUT2D eigenvalue weighted by Crippen LogP contribution is 2.21. The minimum Gasteiger partial charge on any atom is -0.325 e. The van der Waals surface area contributed by atoms with Crippen molar-refractivity contribution in [2.75, 3.05) is 44.4 Å². The second-order valence-corrected chi connectivity index (χ2v) is 9.46. The molecule has 2 aromatic rings. The predicted molar refractivity (Wildman–Crippen MR) is 123 cm³/mol. The number of nitrogens with zero attached hydrogens (tertiary/aromatic N) is 2. The summed E-state index contributed by atoms with van der Waals surface area (Å²) in [5, 5.41) is 5.69. The Morgan fingerprint density at radius 3 is 2.06 bits per heavy atom. The van der Waals surface area contributed by atoms with Crippen molar-refractivity contribution in [3.05, 3.63) is 53.6 Å². The highest BCUT2D eigenvalue weighted by molar-refractivity contribution is 7.89. The van der Waals surface area contributed by atoms with Gasteiger partial charge in [-0.3, -0.25) is 14.5 Å². The van der Waals surface area contributed by atoms with Crippen LogP contribution in [0.3, 0.4) is 0 Å². The zero-order valence-corrected chi connectivity index (χ0v) is 19.4. The molecule has 168 valence electrons. The number of aryl methyl sites for hydroxylation is 1. The maximum absolute atomic E-state index is 12.5. The molecule has 0 radical (unpaired) electrons. The number of amides is 2. The molecule has 0 heterocycles. The SMILES string of the molecule is CCN(CC)CC(=O)Nc1ccc(NC(=O)c2ccc(S(=O)(=O)N(C)C)cc2)cc1C. The second kappa shape index (κ2) is 10.5. The van der Waals surface area contributed by atoms with Gasteiger partial charge in [0.15, 0.2) is 0 Å². The normalized spacial score (nSPS) is 11.6. The number of hydrogen-bond donors (Lipinski definition) is 2. The summed E-state index contributed by atoms with van der Waals surface area (Å²) in [6.07, 6.45) is 0. The minimum atomic E-state index is -3.55. The van der Waals surface area contributed by atoms with Crippen molar-refractivity contribution in [2.24, 2.45) is 0 Å². The number of sulfonamides is 1. The van der Waals surface area contributed by atoms with Gasteiger partial charge in [0.2, 0.25) is 15.9 Å². The summed E-state index contributed by atoms with van der Waals surface area (Å²) in [6, 6.07) is 11.0. The molecule has 8 nitrogen and oxygen atoms in total. The molecule has 0 aliphatic rings. The molecular formula is C22H30N4O4S. The molecule has 9 heteroatoms. The van der Waals surface area contributed by atoms with Gasteiger partial charge in [0, 0.05) is 31.0 Å². The van der Waals surface area contributed by atoms with E-state index in [1.165, 1.54) is 38.4 Å². The second-order valence-electron chi connectivity index (χ2n) is 7.31. The average Bonchev–Trinajstić information content (AvgIpc) is 2.73. The van der Waals surface area contributed by atoms with E-state index in [1.54, 1.807) is 18.2 Å². The van der Waals surface area contributed by atoms with Gasteiger partial charge in [0.1, 0.15) is 0 Å². The van der Waals surface area contributed by atoms with Crippen LogP contribution in [0.15, 0.2) is 47.4 Å². The minimum absolute atomic E-state index is 0.0867. The highest BCUT2D eigenvalue weighted by Gasteiger charge is 2.17. The Bertz CT molecular complexity index is 1030. The molecule has 0 aliphatic carbocycles. The molecule has 2 amide bonds. The fourth-order valence-corrected chi connectivity index (χ4v) is 3.82. The topological polar surface area (TPSA) is 98.8 Å². The van der Waals surface area contributed by atoms with Crippen LogP contribution >= 0.6 is 0 Å². The molecule has 2 rings (SSSR count). The van der Waals surface area contributed by atoms with Gasteiger partial charge in [0.05, 0.1) is 11.4 Å². The zero-order valence-electron chi connectivity index (χ0n) is 18.6. The first-order valence-electron chi connectivity index (χ1n) is 10.0. The Morgan fingerprint density at radius 1 is 0.935 bits per heavy atom. The van der Waals surface area contributed by atoms with Crippen molar-refractivity contribution in [3.8, 4) is 0 Å². The number of rotatable bonds is 9. The summed E-state index contributed by atoms with van der Waals surface area (Å²) >= 11 is 0. The number of carbonyl (C=O) groups is 2.